The molecule has 8 nitrogen and oxygen atoms in total. The van der Waals surface area contributed by atoms with Crippen LogP contribution in [0.25, 0.3) is 11.4 Å². The van der Waals surface area contributed by atoms with Crippen molar-refractivity contribution in [2.75, 3.05) is 18.4 Å². The predicted octanol–water partition coefficient (Wildman–Crippen LogP) is 3.15. The molecule has 4 rings (SSSR count). The number of carbonyl (C=O) groups is 1. The molecular formula is C19H22N6O2S. The summed E-state index contributed by atoms with van der Waals surface area (Å²) in [7, 11) is 0. The van der Waals surface area contributed by atoms with Crippen molar-refractivity contribution < 1.29 is 9.32 Å². The highest BCUT2D eigenvalue weighted by atomic mass is 32.1. The van der Waals surface area contributed by atoms with Gasteiger partial charge < -0.3 is 9.84 Å². The van der Waals surface area contributed by atoms with Crippen LogP contribution in [0.3, 0.4) is 0 Å². The minimum Gasteiger partial charge on any atom is -0.339 e. The Hall–Kier alpha value is -2.65. The average molecular weight is 398 g/mol. The lowest BCUT2D eigenvalue weighted by atomic mass is 10.1. The molecule has 9 heteroatoms. The number of amides is 1. The molecule has 1 aliphatic heterocycles. The van der Waals surface area contributed by atoms with E-state index >= 15 is 0 Å². The van der Waals surface area contributed by atoms with Gasteiger partial charge in [0.05, 0.1) is 5.69 Å². The number of piperidine rings is 1. The molecule has 1 aliphatic rings. The summed E-state index contributed by atoms with van der Waals surface area (Å²) in [6.07, 6.45) is 7.83. The molecule has 1 amide bonds. The number of nitrogens with zero attached hydrogens (tertiary/aromatic N) is 5. The molecule has 0 atom stereocenters. The third-order valence-electron chi connectivity index (χ3n) is 4.59. The maximum Gasteiger partial charge on any atom is 0.227 e. The summed E-state index contributed by atoms with van der Waals surface area (Å²) in [6.45, 7) is 3.11. The van der Waals surface area contributed by atoms with E-state index in [2.05, 4.69) is 30.3 Å². The van der Waals surface area contributed by atoms with Crippen LogP contribution in [0.2, 0.25) is 0 Å². The van der Waals surface area contributed by atoms with E-state index in [0.29, 0.717) is 23.3 Å². The van der Waals surface area contributed by atoms with Gasteiger partial charge in [-0.15, -0.1) is 11.3 Å². The zero-order chi connectivity index (χ0) is 19.2. The van der Waals surface area contributed by atoms with Gasteiger partial charge in [-0.25, -0.2) is 4.98 Å². The number of rotatable bonds is 7. The number of nitrogens with one attached hydrogen (secondary N) is 1. The molecule has 1 N–H and O–H groups in total. The minimum absolute atomic E-state index is 0.111. The van der Waals surface area contributed by atoms with Crippen LogP contribution in [0.1, 0.15) is 37.3 Å². The molecule has 0 spiro atoms. The van der Waals surface area contributed by atoms with E-state index in [9.17, 15) is 4.79 Å². The van der Waals surface area contributed by atoms with Gasteiger partial charge in [0.15, 0.2) is 5.13 Å². The van der Waals surface area contributed by atoms with Gasteiger partial charge in [0.25, 0.3) is 0 Å². The van der Waals surface area contributed by atoms with E-state index in [4.69, 9.17) is 4.52 Å². The van der Waals surface area contributed by atoms with Crippen LogP contribution < -0.4 is 5.32 Å². The lowest BCUT2D eigenvalue weighted by Gasteiger charge is -2.25. The van der Waals surface area contributed by atoms with Crippen molar-refractivity contribution in [1.82, 2.24) is 25.0 Å². The van der Waals surface area contributed by atoms with E-state index in [1.54, 1.807) is 12.4 Å². The first kappa shape index (κ1) is 18.7. The molecule has 0 aromatic carbocycles. The summed E-state index contributed by atoms with van der Waals surface area (Å²) in [6, 6.07) is 3.67. The van der Waals surface area contributed by atoms with E-state index in [1.165, 1.54) is 30.6 Å². The molecule has 3 aromatic rings. The Labute approximate surface area is 167 Å². The number of aryl methyl sites for hydroxylation is 1. The van der Waals surface area contributed by atoms with Gasteiger partial charge in [-0.3, -0.25) is 14.7 Å². The van der Waals surface area contributed by atoms with Crippen molar-refractivity contribution in [3.8, 4) is 11.4 Å². The fraction of sp³-hybridized carbons (Fsp3) is 0.421. The standard InChI is InChI=1S/C19H22N6O2S/c26-16(6-7-17-23-18(24-27-17)14-5-4-8-20-11-14)22-19-21-15(13-28-19)12-25-9-2-1-3-10-25/h4-5,8,11,13H,1-3,6-7,9-10,12H2,(H,21,22,26). The topological polar surface area (TPSA) is 97.0 Å². The molecule has 0 saturated carbocycles. The number of thiazole rings is 1. The summed E-state index contributed by atoms with van der Waals surface area (Å²) in [5.41, 5.74) is 1.80. The highest BCUT2D eigenvalue weighted by Crippen LogP contribution is 2.19. The number of carbonyl (C=O) groups excluding carboxylic acids is 1. The molecule has 1 fully saturated rings. The van der Waals surface area contributed by atoms with Crippen molar-refractivity contribution in [3.63, 3.8) is 0 Å². The minimum atomic E-state index is -0.111. The average Bonchev–Trinajstić information content (AvgIpc) is 3.38. The molecule has 3 aromatic heterocycles. The Morgan fingerprint density at radius 3 is 2.96 bits per heavy atom. The number of hydrogen-bond acceptors (Lipinski definition) is 8. The van der Waals surface area contributed by atoms with E-state index in [0.717, 1.165) is 30.9 Å². The second-order valence-electron chi connectivity index (χ2n) is 6.78. The Kier molecular flexibility index (Phi) is 6.03. The fourth-order valence-electron chi connectivity index (χ4n) is 3.15. The van der Waals surface area contributed by atoms with E-state index in [-0.39, 0.29) is 12.3 Å². The Morgan fingerprint density at radius 1 is 1.25 bits per heavy atom. The SMILES string of the molecule is O=C(CCc1nc(-c2cccnc2)no1)Nc1nc(CN2CCCCC2)cs1. The smallest absolute Gasteiger partial charge is 0.227 e. The third kappa shape index (κ3) is 4.99. The second kappa shape index (κ2) is 9.03. The zero-order valence-electron chi connectivity index (χ0n) is 15.5. The molecule has 0 bridgehead atoms. The highest BCUT2D eigenvalue weighted by Gasteiger charge is 2.14. The number of aromatic nitrogens is 4. The fourth-order valence-corrected chi connectivity index (χ4v) is 3.87. The maximum absolute atomic E-state index is 12.2. The summed E-state index contributed by atoms with van der Waals surface area (Å²) >= 11 is 1.46. The van der Waals surface area contributed by atoms with Crippen molar-refractivity contribution in [1.29, 1.82) is 0 Å². The predicted molar refractivity (Wildman–Crippen MR) is 106 cm³/mol. The number of likely N-dealkylation sites (tertiary alicyclic amines) is 1. The summed E-state index contributed by atoms with van der Waals surface area (Å²) in [5.74, 6) is 0.796. The molecule has 0 unspecified atom stereocenters. The van der Waals surface area contributed by atoms with Gasteiger partial charge >= 0.3 is 0 Å². The van der Waals surface area contributed by atoms with Gasteiger partial charge in [0.2, 0.25) is 17.6 Å². The molecule has 0 radical (unpaired) electrons. The largest absolute Gasteiger partial charge is 0.339 e. The quantitative estimate of drug-likeness (QED) is 0.653. The first-order valence-electron chi connectivity index (χ1n) is 9.46. The van der Waals surface area contributed by atoms with Gasteiger partial charge in [0.1, 0.15) is 0 Å². The van der Waals surface area contributed by atoms with Gasteiger partial charge in [-0.2, -0.15) is 4.98 Å². The van der Waals surface area contributed by atoms with Crippen LogP contribution in [0.4, 0.5) is 5.13 Å². The highest BCUT2D eigenvalue weighted by molar-refractivity contribution is 7.13. The van der Waals surface area contributed by atoms with Gasteiger partial charge in [-0.05, 0) is 38.1 Å². The van der Waals surface area contributed by atoms with Crippen LogP contribution in [-0.2, 0) is 17.8 Å². The monoisotopic (exact) mass is 398 g/mol. The van der Waals surface area contributed by atoms with E-state index < -0.39 is 0 Å². The molecule has 0 aliphatic carbocycles. The van der Waals surface area contributed by atoms with Crippen LogP contribution in [0.5, 0.6) is 0 Å². The Balaban J connectivity index is 1.25. The Bertz CT molecular complexity index is 904. The van der Waals surface area contributed by atoms with Crippen LogP contribution in [-0.4, -0.2) is 44.0 Å². The molecule has 1 saturated heterocycles. The lowest BCUT2D eigenvalue weighted by molar-refractivity contribution is -0.116. The number of hydrogen-bond donors (Lipinski definition) is 1. The molecule has 28 heavy (non-hydrogen) atoms. The summed E-state index contributed by atoms with van der Waals surface area (Å²) in [4.78, 5) is 27.5. The maximum atomic E-state index is 12.2. The van der Waals surface area contributed by atoms with Crippen LogP contribution in [0.15, 0.2) is 34.4 Å². The van der Waals surface area contributed by atoms with Gasteiger partial charge in [0, 0.05) is 42.7 Å². The third-order valence-corrected chi connectivity index (χ3v) is 5.39. The zero-order valence-corrected chi connectivity index (χ0v) is 16.3. The van der Waals surface area contributed by atoms with Crippen molar-refractivity contribution >= 4 is 22.4 Å². The number of pyridine rings is 1. The van der Waals surface area contributed by atoms with Crippen LogP contribution in [0, 0.1) is 0 Å². The normalized spacial score (nSPS) is 14.9. The Morgan fingerprint density at radius 2 is 2.14 bits per heavy atom. The van der Waals surface area contributed by atoms with Crippen LogP contribution >= 0.6 is 11.3 Å². The van der Waals surface area contributed by atoms with Crippen molar-refractivity contribution in [2.24, 2.45) is 0 Å². The first-order valence-corrected chi connectivity index (χ1v) is 10.3. The molecule has 146 valence electrons. The summed E-state index contributed by atoms with van der Waals surface area (Å²) < 4.78 is 5.22. The molecule has 4 heterocycles. The lowest BCUT2D eigenvalue weighted by Crippen LogP contribution is -2.29. The van der Waals surface area contributed by atoms with Crippen molar-refractivity contribution in [3.05, 3.63) is 41.5 Å². The number of anilines is 1. The molecular weight excluding hydrogens is 376 g/mol. The van der Waals surface area contributed by atoms with Gasteiger partial charge in [-0.1, -0.05) is 11.6 Å². The summed E-state index contributed by atoms with van der Waals surface area (Å²) in [5, 5.41) is 9.45. The second-order valence-corrected chi connectivity index (χ2v) is 7.64. The first-order chi connectivity index (χ1) is 13.8. The van der Waals surface area contributed by atoms with Crippen molar-refractivity contribution in [2.45, 2.75) is 38.6 Å². The van der Waals surface area contributed by atoms with E-state index in [1.807, 2.05) is 17.5 Å².